The third-order valence-electron chi connectivity index (χ3n) is 6.18. The molecule has 4 rings (SSSR count). The molecular weight excluding hydrogens is 326 g/mol. The van der Waals surface area contributed by atoms with E-state index >= 15 is 0 Å². The molecule has 2 saturated carbocycles. The fourth-order valence-corrected chi connectivity index (χ4v) is 5.20. The van der Waals surface area contributed by atoms with Crippen LogP contribution in [0.5, 0.6) is 0 Å². The zero-order valence-electron chi connectivity index (χ0n) is 12.5. The molecule has 1 heterocycles. The fraction of sp³-hybridized carbons (Fsp3) is 0.667. The van der Waals surface area contributed by atoms with Crippen molar-refractivity contribution in [2.75, 3.05) is 13.1 Å². The van der Waals surface area contributed by atoms with Gasteiger partial charge in [0.2, 0.25) is 0 Å². The minimum absolute atomic E-state index is 0.616. The summed E-state index contributed by atoms with van der Waals surface area (Å²) in [4.78, 5) is 2.68. The minimum atomic E-state index is -0.616. The first-order valence-electron chi connectivity index (χ1n) is 8.36. The zero-order valence-corrected chi connectivity index (χ0v) is 14.1. The minimum Gasteiger partial charge on any atom is -0.385 e. The lowest BCUT2D eigenvalue weighted by Crippen LogP contribution is -2.48. The highest BCUT2D eigenvalue weighted by Crippen LogP contribution is 2.48. The van der Waals surface area contributed by atoms with Crippen molar-refractivity contribution in [3.8, 4) is 0 Å². The Morgan fingerprint density at radius 1 is 1.05 bits per heavy atom. The first kappa shape index (κ1) is 14.2. The predicted molar refractivity (Wildman–Crippen MR) is 88.1 cm³/mol. The van der Waals surface area contributed by atoms with E-state index in [1.54, 1.807) is 0 Å². The highest BCUT2D eigenvalue weighted by atomic mass is 79.9. The van der Waals surface area contributed by atoms with Crippen LogP contribution in [0, 0.1) is 11.8 Å². The average molecular weight is 350 g/mol. The standard InChI is InChI=1S/C18H24BrNO/c19-16-5-3-15(4-6-16)18(21)7-9-20(10-8-18)17-12-13-1-2-14(17)11-13/h3-6,13-14,17,21H,1-2,7-12H2. The monoisotopic (exact) mass is 349 g/mol. The Morgan fingerprint density at radius 2 is 1.76 bits per heavy atom. The summed E-state index contributed by atoms with van der Waals surface area (Å²) in [6, 6.07) is 9.03. The summed E-state index contributed by atoms with van der Waals surface area (Å²) in [6.07, 6.45) is 7.56. The van der Waals surface area contributed by atoms with E-state index in [0.29, 0.717) is 0 Å². The molecule has 0 radical (unpaired) electrons. The number of hydrogen-bond donors (Lipinski definition) is 1. The number of rotatable bonds is 2. The number of likely N-dealkylation sites (tertiary alicyclic amines) is 1. The van der Waals surface area contributed by atoms with Gasteiger partial charge in [0, 0.05) is 23.6 Å². The first-order valence-corrected chi connectivity index (χ1v) is 9.16. The first-order chi connectivity index (χ1) is 10.1. The van der Waals surface area contributed by atoms with Crippen LogP contribution in [0.15, 0.2) is 28.7 Å². The summed E-state index contributed by atoms with van der Waals surface area (Å²) >= 11 is 3.47. The van der Waals surface area contributed by atoms with Crippen molar-refractivity contribution in [3.63, 3.8) is 0 Å². The van der Waals surface area contributed by atoms with Crippen LogP contribution in [0.4, 0.5) is 0 Å². The van der Waals surface area contributed by atoms with Gasteiger partial charge in [0.05, 0.1) is 5.60 Å². The average Bonchev–Trinajstić information content (AvgIpc) is 3.11. The van der Waals surface area contributed by atoms with Gasteiger partial charge in [0.15, 0.2) is 0 Å². The third-order valence-corrected chi connectivity index (χ3v) is 6.71. The van der Waals surface area contributed by atoms with Crippen molar-refractivity contribution < 1.29 is 5.11 Å². The van der Waals surface area contributed by atoms with Crippen molar-refractivity contribution in [2.24, 2.45) is 11.8 Å². The van der Waals surface area contributed by atoms with Crippen molar-refractivity contribution >= 4 is 15.9 Å². The van der Waals surface area contributed by atoms with E-state index < -0.39 is 5.60 Å². The van der Waals surface area contributed by atoms with E-state index in [9.17, 15) is 5.11 Å². The SMILES string of the molecule is OC1(c2ccc(Br)cc2)CCN(C2CC3CCC2C3)CC1. The van der Waals surface area contributed by atoms with Crippen LogP contribution in [0.2, 0.25) is 0 Å². The van der Waals surface area contributed by atoms with Gasteiger partial charge >= 0.3 is 0 Å². The molecule has 3 heteroatoms. The van der Waals surface area contributed by atoms with Gasteiger partial charge in [0.25, 0.3) is 0 Å². The quantitative estimate of drug-likeness (QED) is 0.874. The largest absolute Gasteiger partial charge is 0.385 e. The van der Waals surface area contributed by atoms with Gasteiger partial charge in [0.1, 0.15) is 0 Å². The van der Waals surface area contributed by atoms with Crippen molar-refractivity contribution in [1.29, 1.82) is 0 Å². The molecule has 1 saturated heterocycles. The van der Waals surface area contributed by atoms with Gasteiger partial charge in [-0.1, -0.05) is 34.5 Å². The lowest BCUT2D eigenvalue weighted by atomic mass is 9.83. The lowest BCUT2D eigenvalue weighted by Gasteiger charge is -2.43. The number of halogens is 1. The van der Waals surface area contributed by atoms with E-state index in [2.05, 4.69) is 33.0 Å². The molecule has 2 bridgehead atoms. The molecule has 3 atom stereocenters. The third kappa shape index (κ3) is 2.58. The molecule has 0 spiro atoms. The second kappa shape index (κ2) is 5.36. The zero-order chi connectivity index (χ0) is 14.4. The van der Waals surface area contributed by atoms with Gasteiger partial charge in [-0.2, -0.15) is 0 Å². The summed E-state index contributed by atoms with van der Waals surface area (Å²) in [6.45, 7) is 2.11. The molecule has 21 heavy (non-hydrogen) atoms. The van der Waals surface area contributed by atoms with Crippen LogP contribution in [0.3, 0.4) is 0 Å². The summed E-state index contributed by atoms with van der Waals surface area (Å²) in [7, 11) is 0. The summed E-state index contributed by atoms with van der Waals surface area (Å²) in [5, 5.41) is 11.0. The number of piperidine rings is 1. The maximum atomic E-state index is 11.0. The van der Waals surface area contributed by atoms with Crippen molar-refractivity contribution in [2.45, 2.75) is 50.2 Å². The highest BCUT2D eigenvalue weighted by Gasteiger charge is 2.44. The molecule has 1 aromatic rings. The predicted octanol–water partition coefficient (Wildman–Crippen LogP) is 3.92. The molecule has 0 amide bonds. The van der Waals surface area contributed by atoms with E-state index in [4.69, 9.17) is 0 Å². The van der Waals surface area contributed by atoms with Crippen LogP contribution < -0.4 is 0 Å². The molecule has 2 nitrogen and oxygen atoms in total. The Hall–Kier alpha value is -0.380. The van der Waals surface area contributed by atoms with Gasteiger partial charge in [-0.3, -0.25) is 4.90 Å². The molecule has 1 N–H and O–H groups in total. The van der Waals surface area contributed by atoms with Crippen LogP contribution in [-0.2, 0) is 5.60 Å². The normalized spacial score (nSPS) is 35.2. The molecule has 2 aliphatic carbocycles. The molecule has 3 fully saturated rings. The Kier molecular flexibility index (Phi) is 3.63. The van der Waals surface area contributed by atoms with Gasteiger partial charge in [-0.05, 0) is 61.6 Å². The number of aliphatic hydroxyl groups is 1. The summed E-state index contributed by atoms with van der Waals surface area (Å²) in [5.41, 5.74) is 0.466. The Balaban J connectivity index is 1.43. The molecule has 0 aromatic heterocycles. The topological polar surface area (TPSA) is 23.5 Å². The van der Waals surface area contributed by atoms with Gasteiger partial charge < -0.3 is 5.11 Å². The lowest BCUT2D eigenvalue weighted by molar-refractivity contribution is -0.0413. The summed E-state index contributed by atoms with van der Waals surface area (Å²) in [5.74, 6) is 1.96. The number of benzene rings is 1. The van der Waals surface area contributed by atoms with Crippen molar-refractivity contribution in [3.05, 3.63) is 34.3 Å². The highest BCUT2D eigenvalue weighted by molar-refractivity contribution is 9.10. The molecule has 3 aliphatic rings. The van der Waals surface area contributed by atoms with E-state index in [1.807, 2.05) is 12.1 Å². The Labute approximate surface area is 135 Å². The Bertz CT molecular complexity index is 506. The number of hydrogen-bond acceptors (Lipinski definition) is 2. The maximum Gasteiger partial charge on any atom is 0.0920 e. The fourth-order valence-electron chi connectivity index (χ4n) is 4.93. The van der Waals surface area contributed by atoms with Crippen LogP contribution >= 0.6 is 15.9 Å². The van der Waals surface area contributed by atoms with Crippen molar-refractivity contribution in [1.82, 2.24) is 4.90 Å². The summed E-state index contributed by atoms with van der Waals surface area (Å²) < 4.78 is 1.08. The van der Waals surface area contributed by atoms with Gasteiger partial charge in [-0.25, -0.2) is 0 Å². The molecule has 1 aliphatic heterocycles. The van der Waals surface area contributed by atoms with Crippen LogP contribution in [0.1, 0.15) is 44.1 Å². The number of nitrogens with zero attached hydrogens (tertiary/aromatic N) is 1. The van der Waals surface area contributed by atoms with E-state index in [0.717, 1.165) is 53.8 Å². The number of fused-ring (bicyclic) bond motifs is 2. The smallest absolute Gasteiger partial charge is 0.0920 e. The second-order valence-corrected chi connectivity index (χ2v) is 8.23. The van der Waals surface area contributed by atoms with E-state index in [-0.39, 0.29) is 0 Å². The molecule has 1 aromatic carbocycles. The second-order valence-electron chi connectivity index (χ2n) is 7.32. The molecular formula is C18H24BrNO. The van der Waals surface area contributed by atoms with Crippen LogP contribution in [0.25, 0.3) is 0 Å². The molecule has 3 unspecified atom stereocenters. The van der Waals surface area contributed by atoms with E-state index in [1.165, 1.54) is 25.7 Å². The molecule has 114 valence electrons. The van der Waals surface area contributed by atoms with Gasteiger partial charge in [-0.15, -0.1) is 0 Å². The Morgan fingerprint density at radius 3 is 2.33 bits per heavy atom. The maximum absolute atomic E-state index is 11.0. The van der Waals surface area contributed by atoms with Crippen LogP contribution in [-0.4, -0.2) is 29.1 Å².